The maximum Gasteiger partial charge on any atom is 0.221 e. The van der Waals surface area contributed by atoms with Crippen LogP contribution in [0.1, 0.15) is 18.1 Å². The van der Waals surface area contributed by atoms with Crippen LogP contribution in [0.5, 0.6) is 0 Å². The molecule has 0 aliphatic carbocycles. The summed E-state index contributed by atoms with van der Waals surface area (Å²) in [5, 5.41) is 3.19. The number of hydrogen-bond acceptors (Lipinski definition) is 2. The van der Waals surface area contributed by atoms with Crippen molar-refractivity contribution in [3.8, 4) is 0 Å². The Labute approximate surface area is 88.2 Å². The van der Waals surface area contributed by atoms with Crippen LogP contribution in [0.4, 0.5) is 11.4 Å². The number of rotatable bonds is 1. The largest absolute Gasteiger partial charge is 0.398 e. The highest BCUT2D eigenvalue weighted by atomic mass is 35.5. The van der Waals surface area contributed by atoms with Crippen LogP contribution < -0.4 is 11.1 Å². The Hall–Kier alpha value is -1.22. The van der Waals surface area contributed by atoms with E-state index in [1.807, 2.05) is 13.8 Å². The van der Waals surface area contributed by atoms with Gasteiger partial charge in [-0.3, -0.25) is 4.79 Å². The highest BCUT2D eigenvalue weighted by Crippen LogP contribution is 2.32. The van der Waals surface area contributed by atoms with Crippen molar-refractivity contribution in [2.75, 3.05) is 11.1 Å². The molecule has 1 aromatic rings. The van der Waals surface area contributed by atoms with Gasteiger partial charge in [0.15, 0.2) is 0 Å². The number of nitrogens with two attached hydrogens (primary N) is 1. The molecule has 1 amide bonds. The van der Waals surface area contributed by atoms with Gasteiger partial charge in [0.05, 0.1) is 10.7 Å². The SMILES string of the molecule is CC(=O)Nc1c(C)cc(N)c(C)c1Cl. The van der Waals surface area contributed by atoms with E-state index in [2.05, 4.69) is 5.32 Å². The Kier molecular flexibility index (Phi) is 3.01. The molecule has 0 radical (unpaired) electrons. The highest BCUT2D eigenvalue weighted by molar-refractivity contribution is 6.35. The number of nitrogen functional groups attached to an aromatic ring is 1. The number of nitrogens with one attached hydrogen (secondary N) is 1. The lowest BCUT2D eigenvalue weighted by atomic mass is 10.1. The lowest BCUT2D eigenvalue weighted by molar-refractivity contribution is -0.114. The molecule has 0 heterocycles. The summed E-state index contributed by atoms with van der Waals surface area (Å²) < 4.78 is 0. The molecule has 0 bridgehead atoms. The van der Waals surface area contributed by atoms with Crippen LogP contribution in [0.25, 0.3) is 0 Å². The van der Waals surface area contributed by atoms with Crippen molar-refractivity contribution < 1.29 is 4.79 Å². The molecule has 0 aliphatic heterocycles. The zero-order valence-electron chi connectivity index (χ0n) is 8.44. The van der Waals surface area contributed by atoms with Crippen LogP contribution in [-0.4, -0.2) is 5.91 Å². The molecule has 14 heavy (non-hydrogen) atoms. The van der Waals surface area contributed by atoms with E-state index in [9.17, 15) is 4.79 Å². The number of anilines is 2. The third kappa shape index (κ3) is 1.99. The molecule has 0 aliphatic rings. The topological polar surface area (TPSA) is 55.1 Å². The van der Waals surface area contributed by atoms with E-state index in [0.717, 1.165) is 11.1 Å². The number of aryl methyl sites for hydroxylation is 1. The summed E-state index contributed by atoms with van der Waals surface area (Å²) in [6, 6.07) is 1.80. The van der Waals surface area contributed by atoms with E-state index in [4.69, 9.17) is 17.3 Å². The predicted octanol–water partition coefficient (Wildman–Crippen LogP) is 2.50. The van der Waals surface area contributed by atoms with E-state index >= 15 is 0 Å². The molecule has 0 saturated carbocycles. The van der Waals surface area contributed by atoms with E-state index in [1.54, 1.807) is 6.07 Å². The fraction of sp³-hybridized carbons (Fsp3) is 0.300. The van der Waals surface area contributed by atoms with Gasteiger partial charge in [0, 0.05) is 12.6 Å². The van der Waals surface area contributed by atoms with Crippen LogP contribution in [-0.2, 0) is 4.79 Å². The number of hydrogen-bond donors (Lipinski definition) is 2. The van der Waals surface area contributed by atoms with Gasteiger partial charge in [0.1, 0.15) is 0 Å². The minimum absolute atomic E-state index is 0.140. The second kappa shape index (κ2) is 3.88. The first-order chi connectivity index (χ1) is 6.43. The van der Waals surface area contributed by atoms with Crippen molar-refractivity contribution in [1.82, 2.24) is 0 Å². The smallest absolute Gasteiger partial charge is 0.221 e. The third-order valence-corrected chi connectivity index (χ3v) is 2.52. The molecule has 76 valence electrons. The maximum absolute atomic E-state index is 10.9. The minimum Gasteiger partial charge on any atom is -0.398 e. The molecule has 3 nitrogen and oxygen atoms in total. The molecule has 0 atom stereocenters. The van der Waals surface area contributed by atoms with Gasteiger partial charge in [0.25, 0.3) is 0 Å². The number of carbonyl (C=O) groups excluding carboxylic acids is 1. The molecular formula is C10H13ClN2O. The molecule has 3 N–H and O–H groups in total. The lowest BCUT2D eigenvalue weighted by Crippen LogP contribution is -2.09. The first kappa shape index (κ1) is 10.9. The summed E-state index contributed by atoms with van der Waals surface area (Å²) in [7, 11) is 0. The number of carbonyl (C=O) groups is 1. The summed E-state index contributed by atoms with van der Waals surface area (Å²) >= 11 is 6.05. The van der Waals surface area contributed by atoms with Gasteiger partial charge >= 0.3 is 0 Å². The van der Waals surface area contributed by atoms with Crippen molar-refractivity contribution in [1.29, 1.82) is 0 Å². The average molecular weight is 213 g/mol. The third-order valence-electron chi connectivity index (χ3n) is 2.05. The molecule has 0 fully saturated rings. The Bertz CT molecular complexity index is 388. The van der Waals surface area contributed by atoms with Crippen LogP contribution >= 0.6 is 11.6 Å². The number of halogens is 1. The van der Waals surface area contributed by atoms with Crippen molar-refractivity contribution in [3.05, 3.63) is 22.2 Å². The Balaban J connectivity index is 3.29. The summed E-state index contributed by atoms with van der Waals surface area (Å²) in [5.41, 5.74) is 8.67. The quantitative estimate of drug-likeness (QED) is 0.703. The Morgan fingerprint density at radius 2 is 2.07 bits per heavy atom. The first-order valence-electron chi connectivity index (χ1n) is 4.26. The van der Waals surface area contributed by atoms with Gasteiger partial charge in [-0.15, -0.1) is 0 Å². The molecule has 4 heteroatoms. The monoisotopic (exact) mass is 212 g/mol. The highest BCUT2D eigenvalue weighted by Gasteiger charge is 2.10. The molecule has 0 aromatic heterocycles. The zero-order chi connectivity index (χ0) is 10.9. The fourth-order valence-electron chi connectivity index (χ4n) is 1.23. The first-order valence-corrected chi connectivity index (χ1v) is 4.64. The molecule has 1 aromatic carbocycles. The minimum atomic E-state index is -0.140. The van der Waals surface area contributed by atoms with Gasteiger partial charge in [0.2, 0.25) is 5.91 Å². The Morgan fingerprint density at radius 1 is 1.50 bits per heavy atom. The van der Waals surface area contributed by atoms with Crippen LogP contribution in [0.2, 0.25) is 5.02 Å². The average Bonchev–Trinajstić information content (AvgIpc) is 2.09. The van der Waals surface area contributed by atoms with E-state index in [1.165, 1.54) is 6.92 Å². The van der Waals surface area contributed by atoms with E-state index < -0.39 is 0 Å². The predicted molar refractivity (Wildman–Crippen MR) is 59.6 cm³/mol. The van der Waals surface area contributed by atoms with Gasteiger partial charge in [-0.1, -0.05) is 11.6 Å². The molecule has 0 spiro atoms. The Morgan fingerprint density at radius 3 is 2.57 bits per heavy atom. The van der Waals surface area contributed by atoms with Gasteiger partial charge in [-0.05, 0) is 31.0 Å². The van der Waals surface area contributed by atoms with Crippen molar-refractivity contribution >= 4 is 28.9 Å². The van der Waals surface area contributed by atoms with Gasteiger partial charge in [-0.25, -0.2) is 0 Å². The standard InChI is InChI=1S/C10H13ClN2O/c1-5-4-8(12)6(2)9(11)10(5)13-7(3)14/h4H,12H2,1-3H3,(H,13,14). The summed E-state index contributed by atoms with van der Waals surface area (Å²) in [4.78, 5) is 10.9. The molecule has 0 unspecified atom stereocenters. The van der Waals surface area contributed by atoms with Crippen molar-refractivity contribution in [3.63, 3.8) is 0 Å². The zero-order valence-corrected chi connectivity index (χ0v) is 9.20. The number of amides is 1. The van der Waals surface area contributed by atoms with Gasteiger partial charge < -0.3 is 11.1 Å². The lowest BCUT2D eigenvalue weighted by Gasteiger charge is -2.12. The van der Waals surface area contributed by atoms with Gasteiger partial charge in [-0.2, -0.15) is 0 Å². The van der Waals surface area contributed by atoms with Crippen molar-refractivity contribution in [2.45, 2.75) is 20.8 Å². The van der Waals surface area contributed by atoms with E-state index in [-0.39, 0.29) is 5.91 Å². The van der Waals surface area contributed by atoms with Crippen LogP contribution in [0.15, 0.2) is 6.07 Å². The molecule has 0 saturated heterocycles. The van der Waals surface area contributed by atoms with Crippen LogP contribution in [0, 0.1) is 13.8 Å². The molecular weight excluding hydrogens is 200 g/mol. The maximum atomic E-state index is 10.9. The summed E-state index contributed by atoms with van der Waals surface area (Å²) in [5.74, 6) is -0.140. The summed E-state index contributed by atoms with van der Waals surface area (Å²) in [6.45, 7) is 5.12. The normalized spacial score (nSPS) is 10.0. The van der Waals surface area contributed by atoms with Crippen molar-refractivity contribution in [2.24, 2.45) is 0 Å². The van der Waals surface area contributed by atoms with Crippen LogP contribution in [0.3, 0.4) is 0 Å². The number of benzene rings is 1. The second-order valence-corrected chi connectivity index (χ2v) is 3.66. The van der Waals surface area contributed by atoms with E-state index in [0.29, 0.717) is 16.4 Å². The fourth-order valence-corrected chi connectivity index (χ4v) is 1.54. The summed E-state index contributed by atoms with van der Waals surface area (Å²) in [6.07, 6.45) is 0. The second-order valence-electron chi connectivity index (χ2n) is 3.28. The molecule has 1 rings (SSSR count).